The Hall–Kier alpha value is -1.78. The molecule has 5 nitrogen and oxygen atoms in total. The maximum absolute atomic E-state index is 11.4. The largest absolute Gasteiger partial charge is 0.396 e. The Kier molecular flexibility index (Phi) is 5.97. The summed E-state index contributed by atoms with van der Waals surface area (Å²) in [5, 5.41) is 5.97. The van der Waals surface area contributed by atoms with Gasteiger partial charge in [0, 0.05) is 25.2 Å². The van der Waals surface area contributed by atoms with Crippen molar-refractivity contribution in [1.29, 1.82) is 0 Å². The Labute approximate surface area is 108 Å². The van der Waals surface area contributed by atoms with Crippen molar-refractivity contribution >= 4 is 17.4 Å². The van der Waals surface area contributed by atoms with Gasteiger partial charge in [-0.2, -0.15) is 0 Å². The molecule has 0 spiro atoms. The van der Waals surface area contributed by atoms with E-state index in [4.69, 9.17) is 5.73 Å². The van der Waals surface area contributed by atoms with Crippen LogP contribution in [0.1, 0.15) is 31.9 Å². The lowest BCUT2D eigenvalue weighted by Gasteiger charge is -2.09. The van der Waals surface area contributed by atoms with Crippen molar-refractivity contribution in [3.8, 4) is 0 Å². The first-order valence-corrected chi connectivity index (χ1v) is 6.37. The molecule has 1 heterocycles. The minimum absolute atomic E-state index is 0.101. The van der Waals surface area contributed by atoms with Gasteiger partial charge in [0.25, 0.3) is 0 Å². The number of nitrogens with zero attached hydrogens (tertiary/aromatic N) is 1. The van der Waals surface area contributed by atoms with Crippen LogP contribution in [-0.4, -0.2) is 24.0 Å². The molecule has 100 valence electrons. The number of amides is 1. The fourth-order valence-corrected chi connectivity index (χ4v) is 1.52. The molecule has 1 aromatic heterocycles. The van der Waals surface area contributed by atoms with Gasteiger partial charge in [-0.1, -0.05) is 13.3 Å². The van der Waals surface area contributed by atoms with Crippen LogP contribution in [0.2, 0.25) is 0 Å². The number of nitrogens with two attached hydrogens (primary N) is 1. The van der Waals surface area contributed by atoms with E-state index in [1.54, 1.807) is 0 Å². The summed E-state index contributed by atoms with van der Waals surface area (Å²) in [7, 11) is 0. The van der Waals surface area contributed by atoms with Crippen LogP contribution in [0.15, 0.2) is 12.1 Å². The molecule has 0 aromatic carbocycles. The van der Waals surface area contributed by atoms with Crippen molar-refractivity contribution in [2.24, 2.45) is 0 Å². The Morgan fingerprint density at radius 2 is 2.17 bits per heavy atom. The maximum Gasteiger partial charge on any atom is 0.220 e. The van der Waals surface area contributed by atoms with Crippen LogP contribution in [-0.2, 0) is 4.79 Å². The highest BCUT2D eigenvalue weighted by atomic mass is 16.1. The van der Waals surface area contributed by atoms with Gasteiger partial charge in [-0.15, -0.1) is 0 Å². The molecule has 4 N–H and O–H groups in total. The molecule has 0 unspecified atom stereocenters. The third-order valence-electron chi connectivity index (χ3n) is 2.56. The lowest BCUT2D eigenvalue weighted by Crippen LogP contribution is -2.28. The summed E-state index contributed by atoms with van der Waals surface area (Å²) in [6.45, 7) is 5.19. The first-order valence-electron chi connectivity index (χ1n) is 6.37. The molecular weight excluding hydrogens is 228 g/mol. The van der Waals surface area contributed by atoms with Crippen molar-refractivity contribution < 1.29 is 4.79 Å². The molecular formula is C13H22N4O. The van der Waals surface area contributed by atoms with Gasteiger partial charge in [0.2, 0.25) is 5.91 Å². The number of carbonyl (C=O) groups excluding carboxylic acids is 1. The van der Waals surface area contributed by atoms with Crippen molar-refractivity contribution in [2.45, 2.75) is 33.1 Å². The van der Waals surface area contributed by atoms with Crippen LogP contribution < -0.4 is 16.4 Å². The smallest absolute Gasteiger partial charge is 0.220 e. The minimum Gasteiger partial charge on any atom is -0.396 e. The number of pyridine rings is 1. The first kappa shape index (κ1) is 14.3. The molecule has 0 saturated heterocycles. The molecule has 18 heavy (non-hydrogen) atoms. The summed E-state index contributed by atoms with van der Waals surface area (Å²) in [6, 6.07) is 3.69. The Morgan fingerprint density at radius 1 is 1.39 bits per heavy atom. The number of anilines is 2. The monoisotopic (exact) mass is 250 g/mol. The molecule has 0 saturated carbocycles. The molecule has 0 aliphatic heterocycles. The summed E-state index contributed by atoms with van der Waals surface area (Å²) < 4.78 is 0. The topological polar surface area (TPSA) is 80.0 Å². The average Bonchev–Trinajstić information content (AvgIpc) is 2.36. The predicted octanol–water partition coefficient (Wildman–Crippen LogP) is 1.69. The summed E-state index contributed by atoms with van der Waals surface area (Å²) in [4.78, 5) is 15.6. The van der Waals surface area contributed by atoms with E-state index in [-0.39, 0.29) is 5.91 Å². The first-order chi connectivity index (χ1) is 8.63. The number of carbonyl (C=O) groups is 1. The highest BCUT2D eigenvalue weighted by molar-refractivity contribution is 5.75. The Balaban J connectivity index is 2.25. The second kappa shape index (κ2) is 7.53. The number of unbranched alkanes of at least 4 members (excludes halogenated alkanes) is 1. The third kappa shape index (κ3) is 5.03. The zero-order chi connectivity index (χ0) is 13.4. The second-order valence-electron chi connectivity index (χ2n) is 4.27. The van der Waals surface area contributed by atoms with Crippen molar-refractivity contribution in [1.82, 2.24) is 10.3 Å². The van der Waals surface area contributed by atoms with E-state index in [1.807, 2.05) is 19.1 Å². The summed E-state index contributed by atoms with van der Waals surface area (Å²) in [5.74, 6) is 0.779. The van der Waals surface area contributed by atoms with Gasteiger partial charge in [0.1, 0.15) is 5.82 Å². The molecule has 1 aromatic rings. The zero-order valence-corrected chi connectivity index (χ0v) is 11.1. The summed E-state index contributed by atoms with van der Waals surface area (Å²) in [5.41, 5.74) is 7.32. The maximum atomic E-state index is 11.4. The van der Waals surface area contributed by atoms with Crippen LogP contribution >= 0.6 is 0 Å². The van der Waals surface area contributed by atoms with Crippen LogP contribution in [0.25, 0.3) is 0 Å². The molecule has 1 amide bonds. The van der Waals surface area contributed by atoms with Crippen LogP contribution in [0, 0.1) is 6.92 Å². The minimum atomic E-state index is 0.101. The molecule has 5 heteroatoms. The number of nitrogen functional groups attached to an aromatic ring is 1. The number of rotatable bonds is 7. The van der Waals surface area contributed by atoms with Gasteiger partial charge in [0.05, 0.1) is 5.69 Å². The lowest BCUT2D eigenvalue weighted by molar-refractivity contribution is -0.121. The predicted molar refractivity (Wildman–Crippen MR) is 74.4 cm³/mol. The molecule has 0 radical (unpaired) electrons. The highest BCUT2D eigenvalue weighted by Gasteiger charge is 2.01. The van der Waals surface area contributed by atoms with Crippen LogP contribution in [0.4, 0.5) is 11.5 Å². The van der Waals surface area contributed by atoms with Crippen molar-refractivity contribution in [2.75, 3.05) is 24.1 Å². The number of nitrogens with one attached hydrogen (secondary N) is 2. The molecule has 0 aliphatic rings. The molecule has 0 aliphatic carbocycles. The van der Waals surface area contributed by atoms with Crippen LogP contribution in [0.3, 0.4) is 0 Å². The van der Waals surface area contributed by atoms with Crippen molar-refractivity contribution in [3.63, 3.8) is 0 Å². The van der Waals surface area contributed by atoms with E-state index >= 15 is 0 Å². The van der Waals surface area contributed by atoms with E-state index in [1.165, 1.54) is 0 Å². The van der Waals surface area contributed by atoms with Gasteiger partial charge in [0.15, 0.2) is 0 Å². The van der Waals surface area contributed by atoms with Gasteiger partial charge in [-0.3, -0.25) is 4.79 Å². The van der Waals surface area contributed by atoms with Crippen molar-refractivity contribution in [3.05, 3.63) is 17.8 Å². The number of hydrogen-bond donors (Lipinski definition) is 3. The number of hydrogen-bond acceptors (Lipinski definition) is 4. The Morgan fingerprint density at radius 3 is 2.89 bits per heavy atom. The molecule has 0 fully saturated rings. The average molecular weight is 250 g/mol. The quantitative estimate of drug-likeness (QED) is 0.643. The fraction of sp³-hybridized carbons (Fsp3) is 0.538. The standard InChI is InChI=1S/C13H22N4O/c1-3-4-5-12(18)15-8-9-16-13-11(14)7-6-10(2)17-13/h6-7H,3-5,8-9,14H2,1-2H3,(H,15,18)(H,16,17). The Bertz CT molecular complexity index is 393. The van der Waals surface area contributed by atoms with Gasteiger partial charge < -0.3 is 16.4 Å². The van der Waals surface area contributed by atoms with Gasteiger partial charge in [-0.05, 0) is 25.5 Å². The summed E-state index contributed by atoms with van der Waals surface area (Å²) >= 11 is 0. The van der Waals surface area contributed by atoms with Crippen LogP contribution in [0.5, 0.6) is 0 Å². The van der Waals surface area contributed by atoms with Gasteiger partial charge >= 0.3 is 0 Å². The summed E-state index contributed by atoms with van der Waals surface area (Å²) in [6.07, 6.45) is 2.57. The van der Waals surface area contributed by atoms with E-state index in [9.17, 15) is 4.79 Å². The SMILES string of the molecule is CCCCC(=O)NCCNc1nc(C)ccc1N. The molecule has 0 atom stereocenters. The zero-order valence-electron chi connectivity index (χ0n) is 11.1. The van der Waals surface area contributed by atoms with E-state index in [0.717, 1.165) is 18.5 Å². The number of aromatic nitrogens is 1. The van der Waals surface area contributed by atoms with E-state index in [0.29, 0.717) is 31.0 Å². The normalized spacial score (nSPS) is 10.1. The number of aryl methyl sites for hydroxylation is 1. The lowest BCUT2D eigenvalue weighted by atomic mass is 10.2. The highest BCUT2D eigenvalue weighted by Crippen LogP contribution is 2.14. The molecule has 1 rings (SSSR count). The third-order valence-corrected chi connectivity index (χ3v) is 2.56. The molecule has 0 bridgehead atoms. The fourth-order valence-electron chi connectivity index (χ4n) is 1.52. The van der Waals surface area contributed by atoms with E-state index in [2.05, 4.69) is 22.5 Å². The van der Waals surface area contributed by atoms with Gasteiger partial charge in [-0.25, -0.2) is 4.98 Å². The van der Waals surface area contributed by atoms with E-state index < -0.39 is 0 Å². The second-order valence-corrected chi connectivity index (χ2v) is 4.27.